The molecule has 0 aromatic carbocycles. The monoisotopic (exact) mass is 445 g/mol. The molecule has 8 nitrogen and oxygen atoms in total. The second-order valence-electron chi connectivity index (χ2n) is 8.21. The number of alkyl halides is 3. The van der Waals surface area contributed by atoms with E-state index in [1.165, 1.54) is 6.07 Å². The van der Waals surface area contributed by atoms with E-state index in [1.807, 2.05) is 12.1 Å². The highest BCUT2D eigenvalue weighted by Gasteiger charge is 2.33. The highest BCUT2D eigenvalue weighted by Crippen LogP contribution is 2.30. The first kappa shape index (κ1) is 20.7. The molecule has 0 unspecified atom stereocenters. The molecule has 11 heteroatoms. The Morgan fingerprint density at radius 3 is 2.38 bits per heavy atom. The number of carbonyl (C=O) groups is 1. The van der Waals surface area contributed by atoms with Gasteiger partial charge in [0.25, 0.3) is 5.91 Å². The molecule has 2 aliphatic heterocycles. The predicted molar refractivity (Wildman–Crippen MR) is 109 cm³/mol. The van der Waals surface area contributed by atoms with Gasteiger partial charge in [-0.2, -0.15) is 17.7 Å². The number of aromatic nitrogens is 5. The molecule has 0 atom stereocenters. The number of amides is 1. The highest BCUT2D eigenvalue weighted by atomic mass is 19.4. The van der Waals surface area contributed by atoms with Crippen molar-refractivity contribution in [2.75, 3.05) is 31.1 Å². The Morgan fingerprint density at radius 1 is 0.969 bits per heavy atom. The lowest BCUT2D eigenvalue weighted by atomic mass is 9.95. The van der Waals surface area contributed by atoms with Crippen LogP contribution in [0.3, 0.4) is 0 Å². The Labute approximate surface area is 182 Å². The minimum atomic E-state index is -4.52. The Balaban J connectivity index is 1.28. The number of hydrogen-bond acceptors (Lipinski definition) is 6. The standard InChI is InChI=1S/C21H22F3N7O/c22-21(23,24)16-4-3-15(13-25-16)20(32)30-11-7-14(8-12-30)19-27-26-17-5-6-18(28-31(17)19)29-9-1-2-10-29/h3-6,13-14H,1-2,7-12H2. The third kappa shape index (κ3) is 3.87. The molecule has 1 amide bonds. The summed E-state index contributed by atoms with van der Waals surface area (Å²) in [5, 5.41) is 13.4. The smallest absolute Gasteiger partial charge is 0.355 e. The molecule has 3 aromatic rings. The van der Waals surface area contributed by atoms with Crippen LogP contribution in [0.5, 0.6) is 0 Å². The molecule has 0 aliphatic carbocycles. The molecule has 5 rings (SSSR count). The van der Waals surface area contributed by atoms with Crippen LogP contribution in [-0.4, -0.2) is 61.8 Å². The van der Waals surface area contributed by atoms with Crippen LogP contribution in [0.4, 0.5) is 19.0 Å². The average molecular weight is 445 g/mol. The summed E-state index contributed by atoms with van der Waals surface area (Å²) in [6.07, 6.45) is 0.147. The Hall–Kier alpha value is -3.24. The predicted octanol–water partition coefficient (Wildman–Crippen LogP) is 3.16. The largest absolute Gasteiger partial charge is 0.433 e. The average Bonchev–Trinajstić information content (AvgIpc) is 3.48. The SMILES string of the molecule is O=C(c1ccc(C(F)(F)F)nc1)N1CCC(c2nnc3ccc(N4CCCC4)nn23)CC1. The minimum absolute atomic E-state index is 0.0982. The summed E-state index contributed by atoms with van der Waals surface area (Å²) in [5.74, 6) is 1.48. The molecule has 0 saturated carbocycles. The molecule has 2 aliphatic rings. The maximum absolute atomic E-state index is 12.7. The fourth-order valence-corrected chi connectivity index (χ4v) is 4.38. The molecular weight excluding hydrogens is 423 g/mol. The van der Waals surface area contributed by atoms with Gasteiger partial charge in [-0.05, 0) is 49.9 Å². The third-order valence-electron chi connectivity index (χ3n) is 6.15. The van der Waals surface area contributed by atoms with Crippen molar-refractivity contribution >= 4 is 17.4 Å². The summed E-state index contributed by atoms with van der Waals surface area (Å²) in [5.41, 5.74) is -0.161. The highest BCUT2D eigenvalue weighted by molar-refractivity contribution is 5.94. The lowest BCUT2D eigenvalue weighted by Gasteiger charge is -2.31. The van der Waals surface area contributed by atoms with Gasteiger partial charge in [-0.25, -0.2) is 0 Å². The van der Waals surface area contributed by atoms with Crippen LogP contribution in [0.25, 0.3) is 5.65 Å². The number of nitrogens with zero attached hydrogens (tertiary/aromatic N) is 7. The van der Waals surface area contributed by atoms with Crippen LogP contribution in [-0.2, 0) is 6.18 Å². The Bertz CT molecular complexity index is 1110. The van der Waals surface area contributed by atoms with Gasteiger partial charge in [0, 0.05) is 38.3 Å². The number of carbonyl (C=O) groups excluding carboxylic acids is 1. The van der Waals surface area contributed by atoms with Gasteiger partial charge in [-0.1, -0.05) is 0 Å². The number of hydrogen-bond donors (Lipinski definition) is 0. The first-order valence-corrected chi connectivity index (χ1v) is 10.7. The maximum Gasteiger partial charge on any atom is 0.433 e. The van der Waals surface area contributed by atoms with Gasteiger partial charge in [0.05, 0.1) is 5.56 Å². The Kier molecular flexibility index (Phi) is 5.18. The van der Waals surface area contributed by atoms with Crippen LogP contribution in [0.1, 0.15) is 53.5 Å². The van der Waals surface area contributed by atoms with Crippen molar-refractivity contribution in [2.45, 2.75) is 37.8 Å². The van der Waals surface area contributed by atoms with Crippen LogP contribution < -0.4 is 4.90 Å². The summed E-state index contributed by atoms with van der Waals surface area (Å²) in [7, 11) is 0. The fourth-order valence-electron chi connectivity index (χ4n) is 4.38. The van der Waals surface area contributed by atoms with Gasteiger partial charge in [0.15, 0.2) is 11.5 Å². The van der Waals surface area contributed by atoms with E-state index in [9.17, 15) is 18.0 Å². The zero-order valence-corrected chi connectivity index (χ0v) is 17.3. The molecule has 0 spiro atoms. The van der Waals surface area contributed by atoms with Gasteiger partial charge in [-0.3, -0.25) is 9.78 Å². The molecule has 0 bridgehead atoms. The summed E-state index contributed by atoms with van der Waals surface area (Å²) in [6.45, 7) is 2.95. The molecule has 168 valence electrons. The van der Waals surface area contributed by atoms with Gasteiger partial charge >= 0.3 is 6.18 Å². The molecular formula is C21H22F3N7O. The second kappa shape index (κ2) is 8.03. The number of pyridine rings is 1. The van der Waals surface area contributed by atoms with Gasteiger partial charge in [0.2, 0.25) is 0 Å². The molecule has 32 heavy (non-hydrogen) atoms. The molecule has 3 aromatic heterocycles. The molecule has 0 radical (unpaired) electrons. The zero-order valence-electron chi connectivity index (χ0n) is 17.3. The van der Waals surface area contributed by atoms with Gasteiger partial charge in [-0.15, -0.1) is 15.3 Å². The number of piperidine rings is 1. The zero-order chi connectivity index (χ0) is 22.3. The summed E-state index contributed by atoms with van der Waals surface area (Å²) in [6, 6.07) is 5.91. The van der Waals surface area contributed by atoms with Gasteiger partial charge < -0.3 is 9.80 Å². The van der Waals surface area contributed by atoms with E-state index in [4.69, 9.17) is 5.10 Å². The first-order chi connectivity index (χ1) is 15.4. The molecule has 5 heterocycles. The van der Waals surface area contributed by atoms with Crippen molar-refractivity contribution in [1.82, 2.24) is 29.7 Å². The molecule has 2 saturated heterocycles. The number of likely N-dealkylation sites (tertiary alicyclic amines) is 1. The quantitative estimate of drug-likeness (QED) is 0.616. The summed E-state index contributed by atoms with van der Waals surface area (Å²) in [4.78, 5) is 20.0. The normalized spacial score (nSPS) is 18.0. The minimum Gasteiger partial charge on any atom is -0.355 e. The van der Waals surface area contributed by atoms with Crippen LogP contribution >= 0.6 is 0 Å². The van der Waals surface area contributed by atoms with Crippen molar-refractivity contribution in [2.24, 2.45) is 0 Å². The van der Waals surface area contributed by atoms with Gasteiger partial charge in [0.1, 0.15) is 11.5 Å². The van der Waals surface area contributed by atoms with E-state index in [0.29, 0.717) is 31.6 Å². The van der Waals surface area contributed by atoms with Crippen molar-refractivity contribution in [3.63, 3.8) is 0 Å². The topological polar surface area (TPSA) is 79.5 Å². The third-order valence-corrected chi connectivity index (χ3v) is 6.15. The number of halogens is 3. The maximum atomic E-state index is 12.7. The van der Waals surface area contributed by atoms with Crippen molar-refractivity contribution < 1.29 is 18.0 Å². The van der Waals surface area contributed by atoms with E-state index >= 15 is 0 Å². The fraction of sp³-hybridized carbons (Fsp3) is 0.476. The lowest BCUT2D eigenvalue weighted by molar-refractivity contribution is -0.141. The molecule has 0 N–H and O–H groups in total. The summed E-state index contributed by atoms with van der Waals surface area (Å²) >= 11 is 0. The lowest BCUT2D eigenvalue weighted by Crippen LogP contribution is -2.38. The van der Waals surface area contributed by atoms with E-state index in [1.54, 1.807) is 9.42 Å². The number of rotatable bonds is 3. The van der Waals surface area contributed by atoms with Crippen molar-refractivity contribution in [1.29, 1.82) is 0 Å². The van der Waals surface area contributed by atoms with E-state index in [0.717, 1.165) is 49.8 Å². The van der Waals surface area contributed by atoms with Crippen molar-refractivity contribution in [3.05, 3.63) is 47.5 Å². The van der Waals surface area contributed by atoms with E-state index in [2.05, 4.69) is 20.1 Å². The summed E-state index contributed by atoms with van der Waals surface area (Å²) < 4.78 is 39.9. The van der Waals surface area contributed by atoms with Crippen molar-refractivity contribution in [3.8, 4) is 0 Å². The van der Waals surface area contributed by atoms with Crippen LogP contribution in [0.15, 0.2) is 30.5 Å². The van der Waals surface area contributed by atoms with E-state index in [-0.39, 0.29) is 17.4 Å². The number of fused-ring (bicyclic) bond motifs is 1. The van der Waals surface area contributed by atoms with E-state index < -0.39 is 11.9 Å². The number of anilines is 1. The molecule has 2 fully saturated rings. The first-order valence-electron chi connectivity index (χ1n) is 10.7. The Morgan fingerprint density at radius 2 is 1.72 bits per heavy atom. The van der Waals surface area contributed by atoms with Crippen LogP contribution in [0, 0.1) is 0 Å². The second-order valence-corrected chi connectivity index (χ2v) is 8.21. The van der Waals surface area contributed by atoms with Crippen LogP contribution in [0.2, 0.25) is 0 Å².